The van der Waals surface area contributed by atoms with Crippen molar-refractivity contribution in [1.29, 1.82) is 0 Å². The number of ether oxygens (including phenoxy) is 1. The van der Waals surface area contributed by atoms with Crippen molar-refractivity contribution in [3.63, 3.8) is 0 Å². The fourth-order valence-corrected chi connectivity index (χ4v) is 3.82. The summed E-state index contributed by atoms with van der Waals surface area (Å²) in [6, 6.07) is 15.5. The maximum Gasteiger partial charge on any atom is 0.295 e. The molecule has 0 spiro atoms. The number of methoxy groups -OCH3 is 1. The molecular weight excluding hydrogens is 354 g/mol. The number of nitrogens with zero attached hydrogens (tertiary/aromatic N) is 3. The lowest BCUT2D eigenvalue weighted by atomic mass is 10.1. The number of benzene rings is 2. The minimum Gasteiger partial charge on any atom is -0.495 e. The topological polar surface area (TPSA) is 54.8 Å². The molecule has 2 aromatic carbocycles. The summed E-state index contributed by atoms with van der Waals surface area (Å²) in [5.74, 6) is -0.0623. The summed E-state index contributed by atoms with van der Waals surface area (Å²) >= 11 is 0. The summed E-state index contributed by atoms with van der Waals surface area (Å²) in [6.45, 7) is 2.34. The van der Waals surface area contributed by atoms with Gasteiger partial charge in [-0.05, 0) is 18.2 Å². The lowest BCUT2D eigenvalue weighted by Crippen LogP contribution is -2.50. The van der Waals surface area contributed by atoms with Crippen LogP contribution in [-0.4, -0.2) is 54.4 Å². The molecule has 0 bridgehead atoms. The fraction of sp³-hybridized carbons (Fsp3) is 0.273. The molecule has 1 aliphatic heterocycles. The molecule has 4 rings (SSSR count). The van der Waals surface area contributed by atoms with E-state index in [1.54, 1.807) is 18.2 Å². The molecule has 144 valence electrons. The van der Waals surface area contributed by atoms with E-state index in [1.165, 1.54) is 0 Å². The number of carbonyl (C=O) groups excluding carboxylic acids is 2. The second-order valence-corrected chi connectivity index (χ2v) is 6.95. The summed E-state index contributed by atoms with van der Waals surface area (Å²) in [5.41, 5.74) is 2.42. The van der Waals surface area contributed by atoms with E-state index in [9.17, 15) is 9.59 Å². The van der Waals surface area contributed by atoms with Crippen LogP contribution in [0.3, 0.4) is 0 Å². The predicted octanol–water partition coefficient (Wildman–Crippen LogP) is 2.72. The molecule has 0 unspecified atom stereocenters. The first-order valence-electron chi connectivity index (χ1n) is 9.36. The maximum atomic E-state index is 12.9. The van der Waals surface area contributed by atoms with Gasteiger partial charge in [-0.2, -0.15) is 0 Å². The van der Waals surface area contributed by atoms with Gasteiger partial charge >= 0.3 is 0 Å². The van der Waals surface area contributed by atoms with E-state index in [0.29, 0.717) is 31.7 Å². The third kappa shape index (κ3) is 3.11. The van der Waals surface area contributed by atoms with E-state index in [4.69, 9.17) is 4.74 Å². The van der Waals surface area contributed by atoms with Crippen molar-refractivity contribution in [3.05, 3.63) is 60.3 Å². The molecule has 0 aliphatic carbocycles. The summed E-state index contributed by atoms with van der Waals surface area (Å²) in [4.78, 5) is 29.6. The average molecular weight is 377 g/mol. The Kier molecular flexibility index (Phi) is 4.77. The maximum absolute atomic E-state index is 12.9. The van der Waals surface area contributed by atoms with Gasteiger partial charge in [0.1, 0.15) is 5.75 Å². The number of ketones is 1. The molecule has 28 heavy (non-hydrogen) atoms. The van der Waals surface area contributed by atoms with Gasteiger partial charge in [-0.1, -0.05) is 30.3 Å². The number of Topliss-reactive ketones (excluding diaryl/α,β-unsaturated/α-hetero) is 1. The van der Waals surface area contributed by atoms with Crippen molar-refractivity contribution in [1.82, 2.24) is 9.47 Å². The predicted molar refractivity (Wildman–Crippen MR) is 109 cm³/mol. The zero-order valence-electron chi connectivity index (χ0n) is 16.1. The number of hydrogen-bond acceptors (Lipinski definition) is 4. The van der Waals surface area contributed by atoms with Gasteiger partial charge in [0.2, 0.25) is 0 Å². The molecule has 0 saturated carbocycles. The van der Waals surface area contributed by atoms with Crippen molar-refractivity contribution in [2.45, 2.75) is 0 Å². The average Bonchev–Trinajstić information content (AvgIpc) is 3.09. The third-order valence-corrected chi connectivity index (χ3v) is 5.33. The number of piperazine rings is 1. The number of carbonyl (C=O) groups is 2. The molecule has 0 radical (unpaired) electrons. The molecule has 6 heteroatoms. The summed E-state index contributed by atoms with van der Waals surface area (Å²) < 4.78 is 7.32. The van der Waals surface area contributed by atoms with Crippen LogP contribution in [0.15, 0.2) is 54.7 Å². The Bertz CT molecular complexity index is 1030. The number of hydrogen-bond donors (Lipinski definition) is 0. The number of fused-ring (bicyclic) bond motifs is 1. The largest absolute Gasteiger partial charge is 0.495 e. The minimum absolute atomic E-state index is 0.434. The van der Waals surface area contributed by atoms with Gasteiger partial charge < -0.3 is 19.1 Å². The molecule has 0 atom stereocenters. The van der Waals surface area contributed by atoms with E-state index in [2.05, 4.69) is 4.90 Å². The number of aryl methyl sites for hydroxylation is 1. The Labute approximate surface area is 163 Å². The van der Waals surface area contributed by atoms with Crippen molar-refractivity contribution < 1.29 is 14.3 Å². The van der Waals surface area contributed by atoms with E-state index >= 15 is 0 Å². The van der Waals surface area contributed by atoms with Crippen LogP contribution in [0.1, 0.15) is 10.4 Å². The van der Waals surface area contributed by atoms with Crippen LogP contribution in [-0.2, 0) is 11.8 Å². The molecule has 1 aromatic heterocycles. The van der Waals surface area contributed by atoms with Gasteiger partial charge in [0.05, 0.1) is 18.4 Å². The summed E-state index contributed by atoms with van der Waals surface area (Å²) in [5, 5.41) is 0.816. The van der Waals surface area contributed by atoms with E-state index in [0.717, 1.165) is 22.3 Å². The van der Waals surface area contributed by atoms with Gasteiger partial charge in [0.25, 0.3) is 11.7 Å². The van der Waals surface area contributed by atoms with Crippen molar-refractivity contribution in [2.24, 2.45) is 7.05 Å². The Morgan fingerprint density at radius 2 is 1.61 bits per heavy atom. The van der Waals surface area contributed by atoms with E-state index in [-0.39, 0.29) is 0 Å². The molecular formula is C22H23N3O3. The van der Waals surface area contributed by atoms with Crippen LogP contribution >= 0.6 is 0 Å². The summed E-state index contributed by atoms with van der Waals surface area (Å²) in [7, 11) is 3.54. The SMILES string of the molecule is COc1ccccc1N1CCN(C(=O)C(=O)c2cn(C)c3ccccc23)CC1. The normalized spacial score (nSPS) is 14.4. The highest BCUT2D eigenvalue weighted by Gasteiger charge is 2.29. The fourth-order valence-electron chi connectivity index (χ4n) is 3.82. The Hall–Kier alpha value is -3.28. The molecule has 0 N–H and O–H groups in total. The minimum atomic E-state index is -0.442. The zero-order chi connectivity index (χ0) is 19.7. The van der Waals surface area contributed by atoms with E-state index < -0.39 is 11.7 Å². The summed E-state index contributed by atoms with van der Waals surface area (Å²) in [6.07, 6.45) is 1.75. The first kappa shape index (κ1) is 18.1. The molecule has 1 aliphatic rings. The van der Waals surface area contributed by atoms with Gasteiger partial charge in [-0.3, -0.25) is 9.59 Å². The highest BCUT2D eigenvalue weighted by molar-refractivity contribution is 6.44. The molecule has 1 amide bonds. The first-order valence-corrected chi connectivity index (χ1v) is 9.36. The van der Waals surface area contributed by atoms with Crippen LogP contribution < -0.4 is 9.64 Å². The Morgan fingerprint density at radius 3 is 2.36 bits per heavy atom. The monoisotopic (exact) mass is 377 g/mol. The molecule has 2 heterocycles. The third-order valence-electron chi connectivity index (χ3n) is 5.33. The van der Waals surface area contributed by atoms with Gasteiger partial charge in [0, 0.05) is 50.3 Å². The smallest absolute Gasteiger partial charge is 0.295 e. The van der Waals surface area contributed by atoms with Crippen LogP contribution in [0.4, 0.5) is 5.69 Å². The zero-order valence-corrected chi connectivity index (χ0v) is 16.1. The van der Waals surface area contributed by atoms with Gasteiger partial charge in [-0.25, -0.2) is 0 Å². The highest BCUT2D eigenvalue weighted by Crippen LogP contribution is 2.28. The van der Waals surface area contributed by atoms with Gasteiger partial charge in [0.15, 0.2) is 0 Å². The lowest BCUT2D eigenvalue weighted by Gasteiger charge is -2.36. The van der Waals surface area contributed by atoms with E-state index in [1.807, 2.05) is 60.1 Å². The second kappa shape index (κ2) is 7.38. The molecule has 6 nitrogen and oxygen atoms in total. The van der Waals surface area contributed by atoms with Crippen LogP contribution in [0.25, 0.3) is 10.9 Å². The van der Waals surface area contributed by atoms with Crippen LogP contribution in [0.5, 0.6) is 5.75 Å². The molecule has 1 saturated heterocycles. The number of para-hydroxylation sites is 3. The number of anilines is 1. The van der Waals surface area contributed by atoms with Crippen molar-refractivity contribution in [2.75, 3.05) is 38.2 Å². The van der Waals surface area contributed by atoms with Crippen LogP contribution in [0.2, 0.25) is 0 Å². The molecule has 3 aromatic rings. The Morgan fingerprint density at radius 1 is 0.929 bits per heavy atom. The second-order valence-electron chi connectivity index (χ2n) is 6.95. The number of aromatic nitrogens is 1. The first-order chi connectivity index (χ1) is 13.6. The standard InChI is InChI=1S/C22H23N3O3/c1-23-15-17(16-7-3-4-8-18(16)23)21(26)22(27)25-13-11-24(12-14-25)19-9-5-6-10-20(19)28-2/h3-10,15H,11-14H2,1-2H3. The van der Waals surface area contributed by atoms with Crippen molar-refractivity contribution >= 4 is 28.3 Å². The number of amides is 1. The van der Waals surface area contributed by atoms with Crippen molar-refractivity contribution in [3.8, 4) is 5.75 Å². The Balaban J connectivity index is 1.49. The molecule has 1 fully saturated rings. The highest BCUT2D eigenvalue weighted by atomic mass is 16.5. The van der Waals surface area contributed by atoms with Gasteiger partial charge in [-0.15, -0.1) is 0 Å². The lowest BCUT2D eigenvalue weighted by molar-refractivity contribution is -0.126. The number of rotatable bonds is 4. The van der Waals surface area contributed by atoms with Crippen LogP contribution in [0, 0.1) is 0 Å². The quantitative estimate of drug-likeness (QED) is 0.518.